The summed E-state index contributed by atoms with van der Waals surface area (Å²) in [5.74, 6) is 0.920. The van der Waals surface area contributed by atoms with Crippen molar-refractivity contribution in [3.8, 4) is 0 Å². The molecule has 1 aromatic heterocycles. The molecule has 100 valence electrons. The Balaban J connectivity index is 1.96. The van der Waals surface area contributed by atoms with Gasteiger partial charge in [0.2, 0.25) is 0 Å². The van der Waals surface area contributed by atoms with E-state index in [0.29, 0.717) is 5.56 Å². The van der Waals surface area contributed by atoms with E-state index in [9.17, 15) is 4.79 Å². The maximum atomic E-state index is 11.0. The number of benzene rings is 1. The highest BCUT2D eigenvalue weighted by atomic mass is 16.4. The molecule has 0 amide bonds. The summed E-state index contributed by atoms with van der Waals surface area (Å²) in [6, 6.07) is 5.16. The molecule has 4 nitrogen and oxygen atoms in total. The summed E-state index contributed by atoms with van der Waals surface area (Å²) in [6.45, 7) is 0. The number of carboxylic acids is 1. The van der Waals surface area contributed by atoms with Gasteiger partial charge in [-0.05, 0) is 24.1 Å². The van der Waals surface area contributed by atoms with E-state index in [1.54, 1.807) is 12.1 Å². The molecule has 19 heavy (non-hydrogen) atoms. The zero-order valence-electron chi connectivity index (χ0n) is 11.1. The first-order valence-corrected chi connectivity index (χ1v) is 6.84. The number of imidazole rings is 1. The number of nitrogens with zero attached hydrogens (tertiary/aromatic N) is 2. The van der Waals surface area contributed by atoms with Crippen LogP contribution in [0.15, 0.2) is 18.2 Å². The lowest BCUT2D eigenvalue weighted by Gasteiger charge is -2.08. The highest BCUT2D eigenvalue weighted by Gasteiger charge is 2.19. The number of aromatic carboxylic acids is 1. The van der Waals surface area contributed by atoms with Crippen molar-refractivity contribution in [2.24, 2.45) is 13.0 Å². The fourth-order valence-corrected chi connectivity index (χ4v) is 3.04. The fourth-order valence-electron chi connectivity index (χ4n) is 3.04. The third kappa shape index (κ3) is 2.23. The number of aromatic nitrogens is 2. The van der Waals surface area contributed by atoms with Crippen LogP contribution in [-0.2, 0) is 13.5 Å². The Morgan fingerprint density at radius 2 is 2.16 bits per heavy atom. The monoisotopic (exact) mass is 258 g/mol. The molecule has 0 bridgehead atoms. The molecule has 1 N–H and O–H groups in total. The van der Waals surface area contributed by atoms with Crippen LogP contribution in [0.2, 0.25) is 0 Å². The second-order valence-corrected chi connectivity index (χ2v) is 5.45. The lowest BCUT2D eigenvalue weighted by molar-refractivity contribution is 0.0697. The molecule has 1 fully saturated rings. The summed E-state index contributed by atoms with van der Waals surface area (Å²) in [7, 11) is 2.01. The number of carbonyl (C=O) groups is 1. The molecule has 0 aliphatic heterocycles. The smallest absolute Gasteiger partial charge is 0.335 e. The Bertz CT molecular complexity index is 624. The van der Waals surface area contributed by atoms with Gasteiger partial charge >= 0.3 is 5.97 Å². The van der Waals surface area contributed by atoms with Crippen LogP contribution >= 0.6 is 0 Å². The van der Waals surface area contributed by atoms with Gasteiger partial charge in [0.05, 0.1) is 16.6 Å². The lowest BCUT2D eigenvalue weighted by Crippen LogP contribution is -2.05. The molecule has 3 rings (SSSR count). The van der Waals surface area contributed by atoms with Crippen LogP contribution in [0, 0.1) is 5.92 Å². The average molecular weight is 258 g/mol. The van der Waals surface area contributed by atoms with Crippen molar-refractivity contribution in [3.63, 3.8) is 0 Å². The van der Waals surface area contributed by atoms with Gasteiger partial charge in [0, 0.05) is 13.5 Å². The minimum atomic E-state index is -0.898. The van der Waals surface area contributed by atoms with E-state index in [1.165, 1.54) is 25.7 Å². The number of rotatable bonds is 3. The minimum absolute atomic E-state index is 0.304. The zero-order chi connectivity index (χ0) is 13.4. The van der Waals surface area contributed by atoms with Crippen LogP contribution in [0.3, 0.4) is 0 Å². The van der Waals surface area contributed by atoms with Gasteiger partial charge < -0.3 is 9.67 Å². The normalized spacial score (nSPS) is 16.3. The van der Waals surface area contributed by atoms with E-state index in [0.717, 1.165) is 29.2 Å². The van der Waals surface area contributed by atoms with Crippen molar-refractivity contribution >= 4 is 17.0 Å². The molecule has 1 aliphatic carbocycles. The van der Waals surface area contributed by atoms with E-state index in [4.69, 9.17) is 5.11 Å². The number of carboxylic acid groups (broad SMARTS) is 1. The molecule has 0 spiro atoms. The predicted molar refractivity (Wildman–Crippen MR) is 73.3 cm³/mol. The van der Waals surface area contributed by atoms with Crippen LogP contribution in [0.5, 0.6) is 0 Å². The van der Waals surface area contributed by atoms with Gasteiger partial charge in [-0.3, -0.25) is 0 Å². The van der Waals surface area contributed by atoms with Crippen molar-refractivity contribution in [1.29, 1.82) is 0 Å². The van der Waals surface area contributed by atoms with Gasteiger partial charge in [-0.15, -0.1) is 0 Å². The SMILES string of the molecule is Cn1c(CC2CCCC2)nc2cc(C(=O)O)ccc21. The van der Waals surface area contributed by atoms with Crippen molar-refractivity contribution in [1.82, 2.24) is 9.55 Å². The molecule has 1 saturated carbocycles. The summed E-state index contributed by atoms with van der Waals surface area (Å²) in [4.78, 5) is 15.6. The second-order valence-electron chi connectivity index (χ2n) is 5.45. The van der Waals surface area contributed by atoms with Crippen LogP contribution < -0.4 is 0 Å². The highest BCUT2D eigenvalue weighted by molar-refractivity contribution is 5.92. The zero-order valence-corrected chi connectivity index (χ0v) is 11.1. The highest BCUT2D eigenvalue weighted by Crippen LogP contribution is 2.28. The molecule has 2 aromatic rings. The van der Waals surface area contributed by atoms with Crippen molar-refractivity contribution < 1.29 is 9.90 Å². The van der Waals surface area contributed by atoms with E-state index < -0.39 is 5.97 Å². The standard InChI is InChI=1S/C15H18N2O2/c1-17-13-7-6-11(15(18)19)9-12(13)16-14(17)8-10-4-2-3-5-10/h6-7,9-10H,2-5,8H2,1H3,(H,18,19). The molecular formula is C15H18N2O2. The van der Waals surface area contributed by atoms with Gasteiger partial charge in [0.15, 0.2) is 0 Å². The summed E-state index contributed by atoms with van der Waals surface area (Å²) in [5, 5.41) is 9.02. The summed E-state index contributed by atoms with van der Waals surface area (Å²) >= 11 is 0. The first-order chi connectivity index (χ1) is 9.15. The van der Waals surface area contributed by atoms with Gasteiger partial charge in [-0.1, -0.05) is 25.7 Å². The molecule has 1 heterocycles. The summed E-state index contributed by atoms with van der Waals surface area (Å²) < 4.78 is 2.10. The topological polar surface area (TPSA) is 55.1 Å². The first-order valence-electron chi connectivity index (χ1n) is 6.84. The van der Waals surface area contributed by atoms with Gasteiger partial charge in [0.1, 0.15) is 5.82 Å². The Hall–Kier alpha value is -1.84. The average Bonchev–Trinajstić information content (AvgIpc) is 2.99. The molecule has 0 saturated heterocycles. The molecule has 4 heteroatoms. The molecule has 1 aromatic carbocycles. The Kier molecular flexibility index (Phi) is 3.01. The summed E-state index contributed by atoms with van der Waals surface area (Å²) in [5.41, 5.74) is 2.10. The van der Waals surface area contributed by atoms with Crippen molar-refractivity contribution in [3.05, 3.63) is 29.6 Å². The van der Waals surface area contributed by atoms with E-state index in [-0.39, 0.29) is 0 Å². The number of fused-ring (bicyclic) bond motifs is 1. The van der Waals surface area contributed by atoms with Gasteiger partial charge in [-0.2, -0.15) is 0 Å². The van der Waals surface area contributed by atoms with Gasteiger partial charge in [0.25, 0.3) is 0 Å². The fraction of sp³-hybridized carbons (Fsp3) is 0.467. The first kappa shape index (κ1) is 12.2. The lowest BCUT2D eigenvalue weighted by atomic mass is 10.0. The largest absolute Gasteiger partial charge is 0.478 e. The quantitative estimate of drug-likeness (QED) is 0.920. The molecule has 1 aliphatic rings. The third-order valence-electron chi connectivity index (χ3n) is 4.17. The van der Waals surface area contributed by atoms with Crippen LogP contribution in [0.1, 0.15) is 41.9 Å². The number of hydrogen-bond donors (Lipinski definition) is 1. The summed E-state index contributed by atoms with van der Waals surface area (Å²) in [6.07, 6.45) is 6.26. The predicted octanol–water partition coefficient (Wildman–Crippen LogP) is 3.00. The maximum absolute atomic E-state index is 11.0. The number of hydrogen-bond acceptors (Lipinski definition) is 2. The molecule has 0 unspecified atom stereocenters. The van der Waals surface area contributed by atoms with Crippen LogP contribution in [-0.4, -0.2) is 20.6 Å². The number of aryl methyl sites for hydroxylation is 1. The van der Waals surface area contributed by atoms with E-state index >= 15 is 0 Å². The van der Waals surface area contributed by atoms with Crippen molar-refractivity contribution in [2.75, 3.05) is 0 Å². The Morgan fingerprint density at radius 3 is 2.84 bits per heavy atom. The third-order valence-corrected chi connectivity index (χ3v) is 4.17. The van der Waals surface area contributed by atoms with Crippen LogP contribution in [0.25, 0.3) is 11.0 Å². The van der Waals surface area contributed by atoms with E-state index in [2.05, 4.69) is 9.55 Å². The minimum Gasteiger partial charge on any atom is -0.478 e. The van der Waals surface area contributed by atoms with Gasteiger partial charge in [-0.25, -0.2) is 9.78 Å². The van der Waals surface area contributed by atoms with Crippen molar-refractivity contribution in [2.45, 2.75) is 32.1 Å². The Morgan fingerprint density at radius 1 is 1.42 bits per heavy atom. The molecular weight excluding hydrogens is 240 g/mol. The Labute approximate surface area is 112 Å². The van der Waals surface area contributed by atoms with E-state index in [1.807, 2.05) is 13.1 Å². The maximum Gasteiger partial charge on any atom is 0.335 e. The molecule has 0 atom stereocenters. The molecule has 0 radical (unpaired) electrons. The van der Waals surface area contributed by atoms with Crippen LogP contribution in [0.4, 0.5) is 0 Å². The second kappa shape index (κ2) is 4.68.